The third kappa shape index (κ3) is 2.67. The van der Waals surface area contributed by atoms with Gasteiger partial charge in [-0.3, -0.25) is 9.69 Å². The van der Waals surface area contributed by atoms with Crippen LogP contribution in [0.25, 0.3) is 0 Å². The maximum atomic E-state index is 10.9. The second kappa shape index (κ2) is 4.58. The highest BCUT2D eigenvalue weighted by Crippen LogP contribution is 2.12. The zero-order chi connectivity index (χ0) is 9.84. The van der Waals surface area contributed by atoms with Gasteiger partial charge in [0.2, 0.25) is 5.91 Å². The van der Waals surface area contributed by atoms with Crippen molar-refractivity contribution in [3.8, 4) is 0 Å². The van der Waals surface area contributed by atoms with E-state index >= 15 is 0 Å². The molecule has 0 spiro atoms. The predicted molar refractivity (Wildman–Crippen MR) is 52.3 cm³/mol. The van der Waals surface area contributed by atoms with Crippen LogP contribution in [0.15, 0.2) is 0 Å². The van der Waals surface area contributed by atoms with Crippen LogP contribution in [0.5, 0.6) is 0 Å². The summed E-state index contributed by atoms with van der Waals surface area (Å²) >= 11 is 0. The standard InChI is InChI=1S/C9H19N3O/c1-7(9(10)13)12-5-3-8(11-2)4-6-12/h7-8,11H,3-6H2,1-2H3,(H2,10,13). The van der Waals surface area contributed by atoms with Crippen LogP contribution in [0, 0.1) is 0 Å². The van der Waals surface area contributed by atoms with Gasteiger partial charge in [-0.25, -0.2) is 0 Å². The van der Waals surface area contributed by atoms with Gasteiger partial charge in [0, 0.05) is 19.1 Å². The average Bonchev–Trinajstić information content (AvgIpc) is 2.17. The summed E-state index contributed by atoms with van der Waals surface area (Å²) in [7, 11) is 1.98. The zero-order valence-electron chi connectivity index (χ0n) is 8.42. The highest BCUT2D eigenvalue weighted by atomic mass is 16.1. The summed E-state index contributed by atoms with van der Waals surface area (Å²) in [5.41, 5.74) is 5.24. The molecule has 0 aromatic rings. The van der Waals surface area contributed by atoms with Crippen molar-refractivity contribution >= 4 is 5.91 Å². The lowest BCUT2D eigenvalue weighted by Gasteiger charge is -2.34. The minimum Gasteiger partial charge on any atom is -0.368 e. The van der Waals surface area contributed by atoms with Crippen LogP contribution >= 0.6 is 0 Å². The van der Waals surface area contributed by atoms with E-state index in [1.54, 1.807) is 0 Å². The number of carbonyl (C=O) groups excluding carboxylic acids is 1. The highest BCUT2D eigenvalue weighted by molar-refractivity contribution is 5.79. The van der Waals surface area contributed by atoms with Gasteiger partial charge in [-0.2, -0.15) is 0 Å². The molecule has 76 valence electrons. The number of amides is 1. The number of nitrogens with zero attached hydrogens (tertiary/aromatic N) is 1. The first-order valence-electron chi connectivity index (χ1n) is 4.85. The first kappa shape index (κ1) is 10.5. The Morgan fingerprint density at radius 2 is 2.08 bits per heavy atom. The van der Waals surface area contributed by atoms with Crippen molar-refractivity contribution in [2.75, 3.05) is 20.1 Å². The van der Waals surface area contributed by atoms with Crippen LogP contribution in [0.4, 0.5) is 0 Å². The fourth-order valence-electron chi connectivity index (χ4n) is 1.76. The number of nitrogens with two attached hydrogens (primary N) is 1. The Morgan fingerprint density at radius 1 is 1.54 bits per heavy atom. The summed E-state index contributed by atoms with van der Waals surface area (Å²) in [6, 6.07) is 0.495. The van der Waals surface area contributed by atoms with E-state index < -0.39 is 0 Å². The molecule has 1 atom stereocenters. The number of rotatable bonds is 3. The number of carbonyl (C=O) groups is 1. The Bertz CT molecular complexity index is 176. The topological polar surface area (TPSA) is 58.4 Å². The number of likely N-dealkylation sites (tertiary alicyclic amines) is 1. The van der Waals surface area contributed by atoms with Gasteiger partial charge in [0.1, 0.15) is 0 Å². The highest BCUT2D eigenvalue weighted by Gasteiger charge is 2.24. The Balaban J connectivity index is 2.36. The van der Waals surface area contributed by atoms with Gasteiger partial charge in [0.15, 0.2) is 0 Å². The van der Waals surface area contributed by atoms with Crippen molar-refractivity contribution in [2.45, 2.75) is 31.8 Å². The molecule has 0 saturated carbocycles. The fraction of sp³-hybridized carbons (Fsp3) is 0.889. The number of hydrogen-bond acceptors (Lipinski definition) is 3. The minimum absolute atomic E-state index is 0.113. The van der Waals surface area contributed by atoms with Crippen molar-refractivity contribution in [1.82, 2.24) is 10.2 Å². The molecule has 1 fully saturated rings. The van der Waals surface area contributed by atoms with Gasteiger partial charge in [-0.05, 0) is 26.8 Å². The van der Waals surface area contributed by atoms with Crippen LogP contribution in [0.3, 0.4) is 0 Å². The Kier molecular flexibility index (Phi) is 3.69. The number of hydrogen-bond donors (Lipinski definition) is 2. The Labute approximate surface area is 79.5 Å². The lowest BCUT2D eigenvalue weighted by molar-refractivity contribution is -0.123. The Hall–Kier alpha value is -0.610. The summed E-state index contributed by atoms with van der Waals surface area (Å²) < 4.78 is 0. The van der Waals surface area contributed by atoms with E-state index in [0.29, 0.717) is 6.04 Å². The number of piperidine rings is 1. The van der Waals surface area contributed by atoms with Crippen LogP contribution < -0.4 is 11.1 Å². The largest absolute Gasteiger partial charge is 0.368 e. The molecular formula is C9H19N3O. The summed E-state index contributed by atoms with van der Waals surface area (Å²) in [5.74, 6) is -0.220. The second-order valence-corrected chi connectivity index (χ2v) is 3.68. The molecule has 13 heavy (non-hydrogen) atoms. The van der Waals surface area contributed by atoms with E-state index in [1.165, 1.54) is 0 Å². The third-order valence-electron chi connectivity index (χ3n) is 2.90. The molecule has 1 saturated heterocycles. The predicted octanol–water partition coefficient (Wildman–Crippen LogP) is -0.456. The molecule has 4 heteroatoms. The molecule has 0 aromatic heterocycles. The molecular weight excluding hydrogens is 166 g/mol. The van der Waals surface area contributed by atoms with Crippen molar-refractivity contribution < 1.29 is 4.79 Å². The lowest BCUT2D eigenvalue weighted by atomic mass is 10.0. The number of primary amides is 1. The molecule has 0 bridgehead atoms. The fourth-order valence-corrected chi connectivity index (χ4v) is 1.76. The molecule has 3 N–H and O–H groups in total. The third-order valence-corrected chi connectivity index (χ3v) is 2.90. The maximum absolute atomic E-state index is 10.9. The van der Waals surface area contributed by atoms with Crippen LogP contribution in [0.2, 0.25) is 0 Å². The molecule has 1 aliphatic heterocycles. The SMILES string of the molecule is CNC1CCN(C(C)C(N)=O)CC1. The maximum Gasteiger partial charge on any atom is 0.234 e. The van der Waals surface area contributed by atoms with E-state index in [1.807, 2.05) is 14.0 Å². The second-order valence-electron chi connectivity index (χ2n) is 3.68. The van der Waals surface area contributed by atoms with Crippen LogP contribution in [-0.2, 0) is 4.79 Å². The molecule has 0 radical (unpaired) electrons. The summed E-state index contributed by atoms with van der Waals surface area (Å²) in [4.78, 5) is 13.1. The van der Waals surface area contributed by atoms with Crippen molar-refractivity contribution in [1.29, 1.82) is 0 Å². The molecule has 1 heterocycles. The quantitative estimate of drug-likeness (QED) is 0.626. The van der Waals surface area contributed by atoms with E-state index in [4.69, 9.17) is 5.73 Å². The van der Waals surface area contributed by atoms with Crippen molar-refractivity contribution in [3.63, 3.8) is 0 Å². The molecule has 4 nitrogen and oxygen atoms in total. The summed E-state index contributed by atoms with van der Waals surface area (Å²) in [6.45, 7) is 3.81. The van der Waals surface area contributed by atoms with Gasteiger partial charge in [-0.1, -0.05) is 0 Å². The van der Waals surface area contributed by atoms with Gasteiger partial charge in [0.05, 0.1) is 6.04 Å². The van der Waals surface area contributed by atoms with Crippen molar-refractivity contribution in [3.05, 3.63) is 0 Å². The summed E-state index contributed by atoms with van der Waals surface area (Å²) in [6.07, 6.45) is 2.21. The molecule has 1 amide bonds. The minimum atomic E-state index is -0.220. The van der Waals surface area contributed by atoms with Gasteiger partial charge < -0.3 is 11.1 Å². The first-order valence-corrected chi connectivity index (χ1v) is 4.85. The van der Waals surface area contributed by atoms with Crippen molar-refractivity contribution in [2.24, 2.45) is 5.73 Å². The van der Waals surface area contributed by atoms with E-state index in [9.17, 15) is 4.79 Å². The molecule has 0 aliphatic carbocycles. The Morgan fingerprint density at radius 3 is 2.46 bits per heavy atom. The molecule has 1 aliphatic rings. The van der Waals surface area contributed by atoms with E-state index in [0.717, 1.165) is 25.9 Å². The van der Waals surface area contributed by atoms with E-state index in [-0.39, 0.29) is 11.9 Å². The first-order chi connectivity index (χ1) is 6.15. The van der Waals surface area contributed by atoms with Gasteiger partial charge >= 0.3 is 0 Å². The molecule has 0 aromatic carbocycles. The lowest BCUT2D eigenvalue weighted by Crippen LogP contribution is -2.49. The normalized spacial score (nSPS) is 22.9. The van der Waals surface area contributed by atoms with Gasteiger partial charge in [0.25, 0.3) is 0 Å². The number of nitrogens with one attached hydrogen (secondary N) is 1. The van der Waals surface area contributed by atoms with E-state index in [2.05, 4.69) is 10.2 Å². The summed E-state index contributed by atoms with van der Waals surface area (Å²) in [5, 5.41) is 3.25. The van der Waals surface area contributed by atoms with Gasteiger partial charge in [-0.15, -0.1) is 0 Å². The zero-order valence-corrected chi connectivity index (χ0v) is 8.42. The van der Waals surface area contributed by atoms with Crippen LogP contribution in [-0.4, -0.2) is 43.0 Å². The average molecular weight is 185 g/mol. The van der Waals surface area contributed by atoms with Crippen LogP contribution in [0.1, 0.15) is 19.8 Å². The molecule has 1 rings (SSSR count). The molecule has 1 unspecified atom stereocenters. The monoisotopic (exact) mass is 185 g/mol. The smallest absolute Gasteiger partial charge is 0.234 e.